The van der Waals surface area contributed by atoms with Crippen LogP contribution in [0.2, 0.25) is 0 Å². The van der Waals surface area contributed by atoms with Crippen molar-refractivity contribution < 1.29 is 13.2 Å². The number of carbonyl (C=O) groups excluding carboxylic acids is 1. The first kappa shape index (κ1) is 23.2. The van der Waals surface area contributed by atoms with Crippen molar-refractivity contribution in [3.63, 3.8) is 0 Å². The number of benzene rings is 3. The average Bonchev–Trinajstić information content (AvgIpc) is 2.75. The Morgan fingerprint density at radius 3 is 2.26 bits per heavy atom. The Kier molecular flexibility index (Phi) is 7.64. The second-order valence-electron chi connectivity index (χ2n) is 7.27. The maximum atomic E-state index is 13.4. The number of nitrogens with one attached hydrogen (secondary N) is 1. The summed E-state index contributed by atoms with van der Waals surface area (Å²) < 4.78 is 28.7. The van der Waals surface area contributed by atoms with Gasteiger partial charge < -0.3 is 5.32 Å². The number of halogens is 1. The molecule has 0 bridgehead atoms. The smallest absolute Gasteiger partial charge is 0.243 e. The number of rotatable bonds is 8. The van der Waals surface area contributed by atoms with Gasteiger partial charge in [0, 0.05) is 16.7 Å². The summed E-state index contributed by atoms with van der Waals surface area (Å²) in [4.78, 5) is 13.0. The SMILES string of the molecule is CCc1ccccc1NC(=O)CN(Cc1ccc(C)cc1)S(=O)(=O)c1ccc(Br)cc1. The van der Waals surface area contributed by atoms with E-state index in [2.05, 4.69) is 21.2 Å². The van der Waals surface area contributed by atoms with Crippen molar-refractivity contribution >= 4 is 37.5 Å². The Morgan fingerprint density at radius 2 is 1.61 bits per heavy atom. The van der Waals surface area contributed by atoms with Gasteiger partial charge in [0.05, 0.1) is 11.4 Å². The van der Waals surface area contributed by atoms with E-state index in [9.17, 15) is 13.2 Å². The molecule has 7 heteroatoms. The number of sulfonamides is 1. The number of carbonyl (C=O) groups is 1. The molecule has 0 aliphatic carbocycles. The molecule has 1 N–H and O–H groups in total. The molecule has 0 saturated heterocycles. The van der Waals surface area contributed by atoms with E-state index in [1.165, 1.54) is 16.4 Å². The summed E-state index contributed by atoms with van der Waals surface area (Å²) in [6.45, 7) is 3.79. The fourth-order valence-corrected chi connectivity index (χ4v) is 4.83. The van der Waals surface area contributed by atoms with Crippen LogP contribution in [-0.4, -0.2) is 25.2 Å². The zero-order valence-corrected chi connectivity index (χ0v) is 19.9. The largest absolute Gasteiger partial charge is 0.325 e. The van der Waals surface area contributed by atoms with E-state index in [0.717, 1.165) is 27.6 Å². The minimum absolute atomic E-state index is 0.0987. The lowest BCUT2D eigenvalue weighted by Gasteiger charge is -2.22. The minimum Gasteiger partial charge on any atom is -0.325 e. The summed E-state index contributed by atoms with van der Waals surface area (Å²) in [7, 11) is -3.88. The van der Waals surface area contributed by atoms with Crippen LogP contribution >= 0.6 is 15.9 Å². The van der Waals surface area contributed by atoms with Gasteiger partial charge >= 0.3 is 0 Å². The van der Waals surface area contributed by atoms with E-state index in [0.29, 0.717) is 5.69 Å². The molecule has 0 aliphatic heterocycles. The molecule has 0 fully saturated rings. The Labute approximate surface area is 192 Å². The Morgan fingerprint density at radius 1 is 0.968 bits per heavy atom. The minimum atomic E-state index is -3.88. The predicted molar refractivity (Wildman–Crippen MR) is 127 cm³/mol. The van der Waals surface area contributed by atoms with E-state index in [4.69, 9.17) is 0 Å². The van der Waals surface area contributed by atoms with Crippen molar-refractivity contribution in [1.82, 2.24) is 4.31 Å². The first-order chi connectivity index (χ1) is 14.8. The summed E-state index contributed by atoms with van der Waals surface area (Å²) >= 11 is 3.33. The standard InChI is InChI=1S/C24H25BrN2O3S/c1-3-20-6-4-5-7-23(20)26-24(28)17-27(16-19-10-8-18(2)9-11-19)31(29,30)22-14-12-21(25)13-15-22/h4-15H,3,16-17H2,1-2H3,(H,26,28). The van der Waals surface area contributed by atoms with Crippen LogP contribution < -0.4 is 5.32 Å². The van der Waals surface area contributed by atoms with Crippen LogP contribution in [0, 0.1) is 6.92 Å². The van der Waals surface area contributed by atoms with Gasteiger partial charge in [0.1, 0.15) is 0 Å². The average molecular weight is 501 g/mol. The maximum Gasteiger partial charge on any atom is 0.243 e. The molecule has 3 rings (SSSR count). The summed E-state index contributed by atoms with van der Waals surface area (Å²) in [6, 6.07) is 21.6. The fourth-order valence-electron chi connectivity index (χ4n) is 3.18. The molecule has 3 aromatic rings. The van der Waals surface area contributed by atoms with Crippen molar-refractivity contribution in [2.24, 2.45) is 0 Å². The van der Waals surface area contributed by atoms with Crippen LogP contribution in [-0.2, 0) is 27.8 Å². The summed E-state index contributed by atoms with van der Waals surface area (Å²) in [5.41, 5.74) is 3.59. The molecular formula is C24H25BrN2O3S. The van der Waals surface area contributed by atoms with E-state index in [1.54, 1.807) is 12.1 Å². The quantitative estimate of drug-likeness (QED) is 0.464. The van der Waals surface area contributed by atoms with Gasteiger partial charge in [0.25, 0.3) is 0 Å². The molecule has 3 aromatic carbocycles. The first-order valence-electron chi connectivity index (χ1n) is 9.98. The molecule has 0 unspecified atom stereocenters. The zero-order chi connectivity index (χ0) is 22.4. The normalized spacial score (nSPS) is 11.5. The van der Waals surface area contributed by atoms with Crippen LogP contribution in [0.5, 0.6) is 0 Å². The van der Waals surface area contributed by atoms with E-state index in [1.807, 2.05) is 62.4 Å². The molecule has 0 radical (unpaired) electrons. The maximum absolute atomic E-state index is 13.4. The second-order valence-corrected chi connectivity index (χ2v) is 10.1. The number of para-hydroxylation sites is 1. The van der Waals surface area contributed by atoms with Crippen LogP contribution in [0.25, 0.3) is 0 Å². The van der Waals surface area contributed by atoms with Crippen molar-refractivity contribution in [3.05, 3.63) is 94.0 Å². The zero-order valence-electron chi connectivity index (χ0n) is 17.5. The lowest BCUT2D eigenvalue weighted by molar-refractivity contribution is -0.116. The van der Waals surface area contributed by atoms with Gasteiger partial charge in [0.2, 0.25) is 15.9 Å². The Hall–Kier alpha value is -2.48. The number of aryl methyl sites for hydroxylation is 2. The highest BCUT2D eigenvalue weighted by molar-refractivity contribution is 9.10. The van der Waals surface area contributed by atoms with Gasteiger partial charge in [-0.3, -0.25) is 4.79 Å². The van der Waals surface area contributed by atoms with Gasteiger partial charge in [0.15, 0.2) is 0 Å². The lowest BCUT2D eigenvalue weighted by Crippen LogP contribution is -2.37. The van der Waals surface area contributed by atoms with Crippen LogP contribution in [0.4, 0.5) is 5.69 Å². The van der Waals surface area contributed by atoms with Crippen molar-refractivity contribution in [2.45, 2.75) is 31.7 Å². The molecular weight excluding hydrogens is 476 g/mol. The van der Waals surface area contributed by atoms with E-state index >= 15 is 0 Å². The summed E-state index contributed by atoms with van der Waals surface area (Å²) in [5, 5.41) is 2.87. The second kappa shape index (κ2) is 10.2. The third-order valence-corrected chi connectivity index (χ3v) is 7.26. The predicted octanol–water partition coefficient (Wildman–Crippen LogP) is 5.15. The Balaban J connectivity index is 1.88. The van der Waals surface area contributed by atoms with Crippen molar-refractivity contribution in [1.29, 1.82) is 0 Å². The molecule has 0 saturated carbocycles. The van der Waals surface area contributed by atoms with Gasteiger partial charge in [-0.05, 0) is 54.8 Å². The van der Waals surface area contributed by atoms with Crippen LogP contribution in [0.1, 0.15) is 23.6 Å². The molecule has 0 heterocycles. The molecule has 0 atom stereocenters. The number of anilines is 1. The van der Waals surface area contributed by atoms with Gasteiger partial charge in [-0.15, -0.1) is 0 Å². The topological polar surface area (TPSA) is 66.5 Å². The van der Waals surface area contributed by atoms with Crippen LogP contribution in [0.15, 0.2) is 82.2 Å². The number of hydrogen-bond donors (Lipinski definition) is 1. The number of nitrogens with zero attached hydrogens (tertiary/aromatic N) is 1. The molecule has 0 spiro atoms. The highest BCUT2D eigenvalue weighted by atomic mass is 79.9. The molecule has 5 nitrogen and oxygen atoms in total. The third kappa shape index (κ3) is 6.03. The van der Waals surface area contributed by atoms with E-state index in [-0.39, 0.29) is 23.9 Å². The summed E-state index contributed by atoms with van der Waals surface area (Å²) in [6.07, 6.45) is 0.765. The van der Waals surface area contributed by atoms with Crippen molar-refractivity contribution in [3.8, 4) is 0 Å². The lowest BCUT2D eigenvalue weighted by atomic mass is 10.1. The molecule has 0 aromatic heterocycles. The monoisotopic (exact) mass is 500 g/mol. The number of amides is 1. The van der Waals surface area contributed by atoms with Gasteiger partial charge in [-0.2, -0.15) is 4.31 Å². The molecule has 162 valence electrons. The summed E-state index contributed by atoms with van der Waals surface area (Å²) in [5.74, 6) is -0.381. The molecule has 31 heavy (non-hydrogen) atoms. The highest BCUT2D eigenvalue weighted by Crippen LogP contribution is 2.22. The van der Waals surface area contributed by atoms with Gasteiger partial charge in [-0.1, -0.05) is 70.9 Å². The number of hydrogen-bond acceptors (Lipinski definition) is 3. The highest BCUT2D eigenvalue weighted by Gasteiger charge is 2.27. The van der Waals surface area contributed by atoms with Crippen molar-refractivity contribution in [2.75, 3.05) is 11.9 Å². The first-order valence-corrected chi connectivity index (χ1v) is 12.2. The third-order valence-electron chi connectivity index (χ3n) is 4.92. The van der Waals surface area contributed by atoms with Gasteiger partial charge in [-0.25, -0.2) is 8.42 Å². The van der Waals surface area contributed by atoms with E-state index < -0.39 is 10.0 Å². The Bertz CT molecular complexity index is 1140. The fraction of sp³-hybridized carbons (Fsp3) is 0.208. The molecule has 1 amide bonds. The molecule has 0 aliphatic rings. The van der Waals surface area contributed by atoms with Crippen LogP contribution in [0.3, 0.4) is 0 Å².